The molecule has 0 fully saturated rings. The van der Waals surface area contributed by atoms with Crippen molar-refractivity contribution in [1.29, 1.82) is 0 Å². The first-order chi connectivity index (χ1) is 7.79. The molecule has 0 aliphatic carbocycles. The number of rotatable bonds is 7. The molecule has 1 aromatic carbocycles. The van der Waals surface area contributed by atoms with Crippen LogP contribution in [0.1, 0.15) is 17.5 Å². The number of nitrogens with two attached hydrogens (primary N) is 1. The molecule has 0 aliphatic heterocycles. The highest BCUT2D eigenvalue weighted by Crippen LogP contribution is 2.18. The van der Waals surface area contributed by atoms with Gasteiger partial charge in [0, 0.05) is 31.6 Å². The van der Waals surface area contributed by atoms with Gasteiger partial charge in [0.25, 0.3) is 0 Å². The Morgan fingerprint density at radius 3 is 2.81 bits per heavy atom. The van der Waals surface area contributed by atoms with Crippen LogP contribution in [0.4, 0.5) is 4.39 Å². The van der Waals surface area contributed by atoms with Gasteiger partial charge in [0.2, 0.25) is 0 Å². The number of halogens is 1. The van der Waals surface area contributed by atoms with Crippen molar-refractivity contribution in [2.45, 2.75) is 18.7 Å². The summed E-state index contributed by atoms with van der Waals surface area (Å²) in [6.07, 6.45) is 0.999. The first-order valence-corrected chi connectivity index (χ1v) is 6.48. The fourth-order valence-corrected chi connectivity index (χ4v) is 2.30. The number of hydrogen-bond donors (Lipinski definition) is 1. The lowest BCUT2D eigenvalue weighted by molar-refractivity contribution is 0.200. The van der Waals surface area contributed by atoms with E-state index in [4.69, 9.17) is 10.5 Å². The summed E-state index contributed by atoms with van der Waals surface area (Å²) < 4.78 is 18.7. The van der Waals surface area contributed by atoms with Gasteiger partial charge in [-0.1, -0.05) is 18.2 Å². The predicted octanol–water partition coefficient (Wildman–Crippen LogP) is 2.55. The molecule has 2 nitrogen and oxygen atoms in total. The largest absolute Gasteiger partial charge is 0.385 e. The molecule has 0 saturated heterocycles. The molecule has 16 heavy (non-hydrogen) atoms. The van der Waals surface area contributed by atoms with Crippen molar-refractivity contribution in [3.05, 3.63) is 35.1 Å². The lowest BCUT2D eigenvalue weighted by atomic mass is 10.1. The molecule has 0 bridgehead atoms. The van der Waals surface area contributed by atoms with E-state index >= 15 is 0 Å². The van der Waals surface area contributed by atoms with E-state index in [-0.39, 0.29) is 12.4 Å². The Balaban J connectivity index is 2.41. The van der Waals surface area contributed by atoms with Crippen LogP contribution < -0.4 is 5.73 Å². The van der Waals surface area contributed by atoms with Crippen LogP contribution in [0.2, 0.25) is 0 Å². The molecular formula is C12H18FNOS. The molecule has 1 aromatic rings. The molecule has 90 valence electrons. The molecule has 0 amide bonds. The Kier molecular flexibility index (Phi) is 6.45. The highest BCUT2D eigenvalue weighted by Gasteiger charge is 2.06. The van der Waals surface area contributed by atoms with Gasteiger partial charge in [-0.05, 0) is 17.7 Å². The fourth-order valence-electron chi connectivity index (χ4n) is 1.39. The van der Waals surface area contributed by atoms with Crippen LogP contribution in [0, 0.1) is 5.82 Å². The highest BCUT2D eigenvalue weighted by atomic mass is 32.2. The summed E-state index contributed by atoms with van der Waals surface area (Å²) in [5.74, 6) is 1.54. The van der Waals surface area contributed by atoms with Crippen LogP contribution in [0.15, 0.2) is 18.2 Å². The lowest BCUT2D eigenvalue weighted by Crippen LogP contribution is -2.02. The third kappa shape index (κ3) is 4.12. The van der Waals surface area contributed by atoms with Gasteiger partial charge in [-0.25, -0.2) is 4.39 Å². The molecular weight excluding hydrogens is 225 g/mol. The van der Waals surface area contributed by atoms with Gasteiger partial charge in [-0.3, -0.25) is 0 Å². The van der Waals surface area contributed by atoms with Gasteiger partial charge < -0.3 is 10.5 Å². The molecule has 0 spiro atoms. The van der Waals surface area contributed by atoms with Crippen molar-refractivity contribution in [1.82, 2.24) is 0 Å². The Morgan fingerprint density at radius 1 is 1.38 bits per heavy atom. The minimum atomic E-state index is -0.149. The second-order valence-electron chi connectivity index (χ2n) is 3.49. The zero-order chi connectivity index (χ0) is 11.8. The number of thioether (sulfide) groups is 1. The van der Waals surface area contributed by atoms with Crippen LogP contribution in [0.3, 0.4) is 0 Å². The minimum absolute atomic E-state index is 0.149. The summed E-state index contributed by atoms with van der Waals surface area (Å²) in [6.45, 7) is 1.02. The van der Waals surface area contributed by atoms with Crippen LogP contribution in [0.5, 0.6) is 0 Å². The average Bonchev–Trinajstić information content (AvgIpc) is 2.31. The van der Waals surface area contributed by atoms with Crippen molar-refractivity contribution in [2.24, 2.45) is 5.73 Å². The average molecular weight is 243 g/mol. The standard InChI is InChI=1S/C12H18FNOS/c1-15-6-3-7-16-9-11-5-2-4-10(8-14)12(11)13/h2,4-5H,3,6-9,14H2,1H3. The van der Waals surface area contributed by atoms with E-state index in [2.05, 4.69) is 0 Å². The van der Waals surface area contributed by atoms with Crippen LogP contribution in [0.25, 0.3) is 0 Å². The molecule has 0 unspecified atom stereocenters. The van der Waals surface area contributed by atoms with Gasteiger partial charge in [0.05, 0.1) is 0 Å². The van der Waals surface area contributed by atoms with Crippen molar-refractivity contribution < 1.29 is 9.13 Å². The molecule has 0 aromatic heterocycles. The second-order valence-corrected chi connectivity index (χ2v) is 4.60. The second kappa shape index (κ2) is 7.65. The summed E-state index contributed by atoms with van der Waals surface area (Å²) in [5, 5.41) is 0. The Bertz CT molecular complexity index is 320. The molecule has 2 N–H and O–H groups in total. The van der Waals surface area contributed by atoms with Crippen molar-refractivity contribution in [3.8, 4) is 0 Å². The summed E-state index contributed by atoms with van der Waals surface area (Å²) in [7, 11) is 1.69. The lowest BCUT2D eigenvalue weighted by Gasteiger charge is -2.06. The van der Waals surface area contributed by atoms with Gasteiger partial charge in [-0.15, -0.1) is 0 Å². The first kappa shape index (κ1) is 13.5. The van der Waals surface area contributed by atoms with Crippen LogP contribution in [-0.4, -0.2) is 19.5 Å². The maximum atomic E-state index is 13.7. The smallest absolute Gasteiger partial charge is 0.131 e. The van der Waals surface area contributed by atoms with Crippen molar-refractivity contribution >= 4 is 11.8 Å². The van der Waals surface area contributed by atoms with Crippen molar-refractivity contribution in [3.63, 3.8) is 0 Å². The molecule has 0 atom stereocenters. The number of hydrogen-bond acceptors (Lipinski definition) is 3. The van der Waals surface area contributed by atoms with E-state index in [0.29, 0.717) is 11.3 Å². The van der Waals surface area contributed by atoms with E-state index in [1.54, 1.807) is 24.9 Å². The van der Waals surface area contributed by atoms with Crippen molar-refractivity contribution in [2.75, 3.05) is 19.5 Å². The van der Waals surface area contributed by atoms with Gasteiger partial charge >= 0.3 is 0 Å². The van der Waals surface area contributed by atoms with E-state index < -0.39 is 0 Å². The van der Waals surface area contributed by atoms with Gasteiger partial charge in [0.1, 0.15) is 5.82 Å². The molecule has 0 heterocycles. The van der Waals surface area contributed by atoms with E-state index in [1.807, 2.05) is 12.1 Å². The normalized spacial score (nSPS) is 10.7. The zero-order valence-electron chi connectivity index (χ0n) is 9.54. The fraction of sp³-hybridized carbons (Fsp3) is 0.500. The first-order valence-electron chi connectivity index (χ1n) is 5.32. The maximum absolute atomic E-state index is 13.7. The zero-order valence-corrected chi connectivity index (χ0v) is 10.4. The summed E-state index contributed by atoms with van der Waals surface area (Å²) in [5.41, 5.74) is 6.78. The summed E-state index contributed by atoms with van der Waals surface area (Å²) >= 11 is 1.72. The quantitative estimate of drug-likeness (QED) is 0.747. The Hall–Kier alpha value is -0.580. The number of benzene rings is 1. The molecule has 0 saturated carbocycles. The third-order valence-corrected chi connectivity index (χ3v) is 3.37. The van der Waals surface area contributed by atoms with Gasteiger partial charge in [-0.2, -0.15) is 11.8 Å². The van der Waals surface area contributed by atoms with Gasteiger partial charge in [0.15, 0.2) is 0 Å². The summed E-state index contributed by atoms with van der Waals surface area (Å²) in [4.78, 5) is 0. The number of ether oxygens (including phenoxy) is 1. The Labute approximate surface area is 100 Å². The third-order valence-electron chi connectivity index (χ3n) is 2.27. The summed E-state index contributed by atoms with van der Waals surface area (Å²) in [6, 6.07) is 5.41. The van der Waals surface area contributed by atoms with E-state index in [1.165, 1.54) is 0 Å². The highest BCUT2D eigenvalue weighted by molar-refractivity contribution is 7.98. The maximum Gasteiger partial charge on any atom is 0.131 e. The topological polar surface area (TPSA) is 35.2 Å². The van der Waals surface area contributed by atoms with Crippen LogP contribution >= 0.6 is 11.8 Å². The minimum Gasteiger partial charge on any atom is -0.385 e. The molecule has 1 rings (SSSR count). The SMILES string of the molecule is COCCCSCc1cccc(CN)c1F. The van der Waals surface area contributed by atoms with E-state index in [9.17, 15) is 4.39 Å². The Morgan fingerprint density at radius 2 is 2.12 bits per heavy atom. The molecule has 0 radical (unpaired) electrons. The van der Waals surface area contributed by atoms with Crippen LogP contribution in [-0.2, 0) is 17.0 Å². The number of methoxy groups -OCH3 is 1. The molecule has 4 heteroatoms. The monoisotopic (exact) mass is 243 g/mol. The predicted molar refractivity (Wildman–Crippen MR) is 66.9 cm³/mol. The van der Waals surface area contributed by atoms with E-state index in [0.717, 1.165) is 24.3 Å². The molecule has 0 aliphatic rings.